The quantitative estimate of drug-likeness (QED) is 0.758. The lowest BCUT2D eigenvalue weighted by Crippen LogP contribution is -2.53. The van der Waals surface area contributed by atoms with Crippen molar-refractivity contribution < 1.29 is 8.42 Å². The number of nitrogens with two attached hydrogens (primary N) is 1. The second kappa shape index (κ2) is 4.63. The molecule has 2 N–H and O–H groups in total. The highest BCUT2D eigenvalue weighted by Crippen LogP contribution is 2.28. The summed E-state index contributed by atoms with van der Waals surface area (Å²) in [6.45, 7) is 3.90. The van der Waals surface area contributed by atoms with Gasteiger partial charge in [0.05, 0.1) is 11.5 Å². The average Bonchev–Trinajstić information content (AvgIpc) is 2.58. The number of nitrogens with zero attached hydrogens (tertiary/aromatic N) is 1. The first kappa shape index (κ1) is 12.3. The number of likely N-dealkylation sites (tertiary alicyclic amines) is 1. The molecule has 0 spiro atoms. The van der Waals surface area contributed by atoms with Crippen molar-refractivity contribution in [3.63, 3.8) is 0 Å². The predicted octanol–water partition coefficient (Wildman–Crippen LogP) is 0.233. The molecule has 0 aromatic heterocycles. The first-order valence-electron chi connectivity index (χ1n) is 6.20. The van der Waals surface area contributed by atoms with Gasteiger partial charge in [0.1, 0.15) is 0 Å². The van der Waals surface area contributed by atoms with E-state index in [4.69, 9.17) is 5.73 Å². The Kier molecular flexibility index (Phi) is 3.56. The molecule has 0 aliphatic carbocycles. The van der Waals surface area contributed by atoms with Crippen LogP contribution < -0.4 is 5.73 Å². The third kappa shape index (κ3) is 2.41. The number of piperidine rings is 1. The van der Waals surface area contributed by atoms with Crippen LogP contribution in [0.1, 0.15) is 26.2 Å². The fraction of sp³-hybridized carbons (Fsp3) is 1.00. The Morgan fingerprint density at radius 3 is 2.69 bits per heavy atom. The molecule has 0 saturated carbocycles. The summed E-state index contributed by atoms with van der Waals surface area (Å²) < 4.78 is 23.0. The van der Waals surface area contributed by atoms with Gasteiger partial charge < -0.3 is 5.73 Å². The molecule has 0 aromatic rings. The number of hydrogen-bond donors (Lipinski definition) is 1. The summed E-state index contributed by atoms with van der Waals surface area (Å²) in [6, 6.07) is 0.605. The van der Waals surface area contributed by atoms with Gasteiger partial charge in [-0.3, -0.25) is 4.90 Å². The van der Waals surface area contributed by atoms with Crippen molar-refractivity contribution in [1.82, 2.24) is 4.90 Å². The normalized spacial score (nSPS) is 40.0. The number of rotatable bonds is 2. The lowest BCUT2D eigenvalue weighted by atomic mass is 9.89. The zero-order valence-corrected chi connectivity index (χ0v) is 10.7. The van der Waals surface area contributed by atoms with Crippen LogP contribution in [0.15, 0.2) is 0 Å². The molecular weight excluding hydrogens is 224 g/mol. The van der Waals surface area contributed by atoms with Crippen LogP contribution in [0.4, 0.5) is 0 Å². The highest BCUT2D eigenvalue weighted by molar-refractivity contribution is 7.91. The Labute approximate surface area is 98.1 Å². The minimum atomic E-state index is -2.78. The number of hydrogen-bond acceptors (Lipinski definition) is 4. The van der Waals surface area contributed by atoms with Crippen LogP contribution in [0, 0.1) is 5.92 Å². The molecule has 2 saturated heterocycles. The smallest absolute Gasteiger partial charge is 0.151 e. The predicted molar refractivity (Wildman–Crippen MR) is 65.0 cm³/mol. The maximum atomic E-state index is 11.5. The van der Waals surface area contributed by atoms with Gasteiger partial charge in [-0.25, -0.2) is 8.42 Å². The molecular formula is C11H22N2O2S. The first-order chi connectivity index (χ1) is 7.53. The van der Waals surface area contributed by atoms with E-state index in [1.165, 1.54) is 12.8 Å². The van der Waals surface area contributed by atoms with Crippen molar-refractivity contribution in [2.75, 3.05) is 24.6 Å². The second-order valence-electron chi connectivity index (χ2n) is 5.22. The SMILES string of the molecule is CC1CCCN(C2CCS(=O)(=O)C2)C1CN. The fourth-order valence-electron chi connectivity index (χ4n) is 3.14. The molecule has 5 heteroatoms. The van der Waals surface area contributed by atoms with Gasteiger partial charge in [-0.2, -0.15) is 0 Å². The van der Waals surface area contributed by atoms with E-state index in [0.717, 1.165) is 13.0 Å². The van der Waals surface area contributed by atoms with Crippen molar-refractivity contribution in [2.45, 2.75) is 38.3 Å². The molecule has 2 heterocycles. The maximum Gasteiger partial charge on any atom is 0.151 e. The molecule has 2 rings (SSSR count). The van der Waals surface area contributed by atoms with E-state index in [-0.39, 0.29) is 6.04 Å². The van der Waals surface area contributed by atoms with Gasteiger partial charge in [0.15, 0.2) is 9.84 Å². The molecule has 2 fully saturated rings. The van der Waals surface area contributed by atoms with Crippen LogP contribution in [0.2, 0.25) is 0 Å². The summed E-state index contributed by atoms with van der Waals surface area (Å²) in [4.78, 5) is 2.36. The van der Waals surface area contributed by atoms with Gasteiger partial charge in [-0.1, -0.05) is 6.92 Å². The first-order valence-corrected chi connectivity index (χ1v) is 8.02. The molecule has 16 heavy (non-hydrogen) atoms. The minimum Gasteiger partial charge on any atom is -0.329 e. The van der Waals surface area contributed by atoms with Crippen LogP contribution in [0.5, 0.6) is 0 Å². The summed E-state index contributed by atoms with van der Waals surface area (Å²) in [5, 5.41) is 0. The lowest BCUT2D eigenvalue weighted by molar-refractivity contribution is 0.0720. The molecule has 0 bridgehead atoms. The zero-order valence-electron chi connectivity index (χ0n) is 9.93. The van der Waals surface area contributed by atoms with E-state index in [9.17, 15) is 8.42 Å². The third-order valence-electron chi connectivity index (χ3n) is 4.08. The van der Waals surface area contributed by atoms with Crippen LogP contribution in [0.25, 0.3) is 0 Å². The van der Waals surface area contributed by atoms with E-state index in [2.05, 4.69) is 11.8 Å². The third-order valence-corrected chi connectivity index (χ3v) is 5.83. The van der Waals surface area contributed by atoms with Crippen LogP contribution >= 0.6 is 0 Å². The van der Waals surface area contributed by atoms with E-state index in [0.29, 0.717) is 30.0 Å². The van der Waals surface area contributed by atoms with E-state index >= 15 is 0 Å². The topological polar surface area (TPSA) is 63.4 Å². The van der Waals surface area contributed by atoms with Gasteiger partial charge in [-0.15, -0.1) is 0 Å². The van der Waals surface area contributed by atoms with E-state index in [1.54, 1.807) is 0 Å². The average molecular weight is 246 g/mol. The Hall–Kier alpha value is -0.130. The summed E-state index contributed by atoms with van der Waals surface area (Å²) in [7, 11) is -2.78. The van der Waals surface area contributed by atoms with E-state index < -0.39 is 9.84 Å². The van der Waals surface area contributed by atoms with E-state index in [1.807, 2.05) is 0 Å². The summed E-state index contributed by atoms with van der Waals surface area (Å²) >= 11 is 0. The largest absolute Gasteiger partial charge is 0.329 e. The molecule has 2 aliphatic heterocycles. The molecule has 94 valence electrons. The van der Waals surface area contributed by atoms with Crippen molar-refractivity contribution in [3.05, 3.63) is 0 Å². The molecule has 3 atom stereocenters. The lowest BCUT2D eigenvalue weighted by Gasteiger charge is -2.42. The maximum absolute atomic E-state index is 11.5. The van der Waals surface area contributed by atoms with Crippen molar-refractivity contribution in [2.24, 2.45) is 11.7 Å². The van der Waals surface area contributed by atoms with Crippen molar-refractivity contribution >= 4 is 9.84 Å². The summed E-state index contributed by atoms with van der Waals surface area (Å²) in [5.74, 6) is 1.30. The second-order valence-corrected chi connectivity index (χ2v) is 7.45. The summed E-state index contributed by atoms with van der Waals surface area (Å²) in [5.41, 5.74) is 5.83. The molecule has 0 radical (unpaired) electrons. The Balaban J connectivity index is 2.08. The van der Waals surface area contributed by atoms with Gasteiger partial charge in [0, 0.05) is 18.6 Å². The van der Waals surface area contributed by atoms with Gasteiger partial charge in [-0.05, 0) is 31.7 Å². The zero-order chi connectivity index (χ0) is 11.8. The van der Waals surface area contributed by atoms with Gasteiger partial charge in [0.25, 0.3) is 0 Å². The highest BCUT2D eigenvalue weighted by atomic mass is 32.2. The van der Waals surface area contributed by atoms with Crippen molar-refractivity contribution in [3.8, 4) is 0 Å². The molecule has 4 nitrogen and oxygen atoms in total. The van der Waals surface area contributed by atoms with Gasteiger partial charge >= 0.3 is 0 Å². The Morgan fingerprint density at radius 2 is 2.12 bits per heavy atom. The molecule has 2 aliphatic rings. The van der Waals surface area contributed by atoms with Crippen molar-refractivity contribution in [1.29, 1.82) is 0 Å². The minimum absolute atomic E-state index is 0.223. The molecule has 0 amide bonds. The Bertz CT molecular complexity index is 342. The number of sulfone groups is 1. The molecule has 3 unspecified atom stereocenters. The van der Waals surface area contributed by atoms with Crippen LogP contribution in [0.3, 0.4) is 0 Å². The molecule has 0 aromatic carbocycles. The standard InChI is InChI=1S/C11H22N2O2S/c1-9-3-2-5-13(11(9)7-12)10-4-6-16(14,15)8-10/h9-11H,2-8,12H2,1H3. The van der Waals surface area contributed by atoms with Gasteiger partial charge in [0.2, 0.25) is 0 Å². The Morgan fingerprint density at radius 1 is 1.38 bits per heavy atom. The fourth-order valence-corrected chi connectivity index (χ4v) is 4.88. The highest BCUT2D eigenvalue weighted by Gasteiger charge is 2.38. The van der Waals surface area contributed by atoms with Crippen LogP contribution in [-0.4, -0.2) is 50.0 Å². The summed E-state index contributed by atoms with van der Waals surface area (Å²) in [6.07, 6.45) is 3.19. The van der Waals surface area contributed by atoms with Crippen LogP contribution in [-0.2, 0) is 9.84 Å². The monoisotopic (exact) mass is 246 g/mol.